The predicted octanol–water partition coefficient (Wildman–Crippen LogP) is 2.26. The molecule has 0 saturated heterocycles. The summed E-state index contributed by atoms with van der Waals surface area (Å²) in [5.41, 5.74) is 1.38. The third-order valence-electron chi connectivity index (χ3n) is 3.32. The molecule has 108 valence electrons. The first kappa shape index (κ1) is 13.4. The lowest BCUT2D eigenvalue weighted by Gasteiger charge is -2.31. The van der Waals surface area contributed by atoms with Crippen molar-refractivity contribution in [3.8, 4) is 22.8 Å². The Labute approximate surface area is 122 Å². The van der Waals surface area contributed by atoms with Crippen molar-refractivity contribution in [3.05, 3.63) is 30.7 Å². The van der Waals surface area contributed by atoms with E-state index in [1.807, 2.05) is 12.1 Å². The summed E-state index contributed by atoms with van der Waals surface area (Å²) in [6.07, 6.45) is 3.11. The summed E-state index contributed by atoms with van der Waals surface area (Å²) in [7, 11) is 1.56. The first-order chi connectivity index (χ1) is 10.0. The largest absolute Gasteiger partial charge is 0.480 e. The normalized spacial score (nSPS) is 15.7. The van der Waals surface area contributed by atoms with E-state index >= 15 is 0 Å². The van der Waals surface area contributed by atoms with Crippen LogP contribution in [0.5, 0.6) is 11.6 Å². The molecule has 6 nitrogen and oxygen atoms in total. The van der Waals surface area contributed by atoms with E-state index in [0.29, 0.717) is 17.3 Å². The molecule has 1 N–H and O–H groups in total. The highest BCUT2D eigenvalue weighted by molar-refractivity contribution is 6.00. The van der Waals surface area contributed by atoms with Crippen LogP contribution in [0.4, 0.5) is 5.69 Å². The van der Waals surface area contributed by atoms with E-state index in [2.05, 4.69) is 15.3 Å². The molecule has 1 aromatic heterocycles. The Hall–Kier alpha value is -2.63. The van der Waals surface area contributed by atoms with Crippen molar-refractivity contribution < 1.29 is 14.3 Å². The van der Waals surface area contributed by atoms with Crippen LogP contribution < -0.4 is 14.8 Å². The fourth-order valence-corrected chi connectivity index (χ4v) is 2.15. The lowest BCUT2D eigenvalue weighted by Crippen LogP contribution is -2.45. The highest BCUT2D eigenvalue weighted by Crippen LogP contribution is 2.38. The van der Waals surface area contributed by atoms with Crippen LogP contribution in [0.15, 0.2) is 30.7 Å². The Morgan fingerprint density at radius 2 is 2.14 bits per heavy atom. The van der Waals surface area contributed by atoms with Gasteiger partial charge in [-0.25, -0.2) is 9.97 Å². The lowest BCUT2D eigenvalue weighted by atomic mass is 10.0. The van der Waals surface area contributed by atoms with Gasteiger partial charge in [-0.15, -0.1) is 0 Å². The maximum atomic E-state index is 11.9. The molecule has 1 aliphatic rings. The van der Waals surface area contributed by atoms with E-state index in [-0.39, 0.29) is 5.91 Å². The number of methoxy groups -OCH3 is 1. The number of benzene rings is 1. The van der Waals surface area contributed by atoms with Gasteiger partial charge in [-0.1, -0.05) is 6.07 Å². The van der Waals surface area contributed by atoms with Crippen LogP contribution in [-0.4, -0.2) is 28.6 Å². The van der Waals surface area contributed by atoms with Gasteiger partial charge in [0, 0.05) is 6.20 Å². The summed E-state index contributed by atoms with van der Waals surface area (Å²) in [5.74, 6) is 0.940. The van der Waals surface area contributed by atoms with Gasteiger partial charge >= 0.3 is 0 Å². The van der Waals surface area contributed by atoms with Crippen LogP contribution >= 0.6 is 0 Å². The topological polar surface area (TPSA) is 73.3 Å². The summed E-state index contributed by atoms with van der Waals surface area (Å²) >= 11 is 0. The minimum Gasteiger partial charge on any atom is -0.480 e. The summed E-state index contributed by atoms with van der Waals surface area (Å²) < 4.78 is 11.0. The number of hydrogen-bond acceptors (Lipinski definition) is 5. The fraction of sp³-hybridized carbons (Fsp3) is 0.267. The molecule has 0 saturated carbocycles. The van der Waals surface area contributed by atoms with Gasteiger partial charge in [0.05, 0.1) is 18.4 Å². The zero-order chi connectivity index (χ0) is 15.0. The van der Waals surface area contributed by atoms with Crippen LogP contribution in [0.3, 0.4) is 0 Å². The molecule has 0 bridgehead atoms. The molecule has 21 heavy (non-hydrogen) atoms. The van der Waals surface area contributed by atoms with E-state index in [4.69, 9.17) is 9.47 Å². The smallest absolute Gasteiger partial charge is 0.268 e. The Morgan fingerprint density at radius 1 is 1.33 bits per heavy atom. The number of hydrogen-bond donors (Lipinski definition) is 1. The average Bonchev–Trinajstić information content (AvgIpc) is 2.47. The standard InChI is InChI=1S/C15H15N3O3/c1-15(2)14(19)18-11-5-4-9(6-12(11)21-15)10-7-16-8-17-13(10)20-3/h4-8H,1-3H3,(H,18,19). The monoisotopic (exact) mass is 285 g/mol. The minimum absolute atomic E-state index is 0.164. The molecule has 2 heterocycles. The number of anilines is 1. The molecule has 0 spiro atoms. The van der Waals surface area contributed by atoms with Crippen LogP contribution in [0, 0.1) is 0 Å². The molecular weight excluding hydrogens is 270 g/mol. The van der Waals surface area contributed by atoms with E-state index in [1.54, 1.807) is 33.2 Å². The molecule has 1 aliphatic heterocycles. The summed E-state index contributed by atoms with van der Waals surface area (Å²) in [4.78, 5) is 20.0. The zero-order valence-corrected chi connectivity index (χ0v) is 12.0. The van der Waals surface area contributed by atoms with Gasteiger partial charge in [-0.05, 0) is 31.5 Å². The van der Waals surface area contributed by atoms with Gasteiger partial charge in [0.15, 0.2) is 5.60 Å². The molecule has 0 aliphatic carbocycles. The third kappa shape index (κ3) is 2.29. The number of carbonyl (C=O) groups excluding carboxylic acids is 1. The number of ether oxygens (including phenoxy) is 2. The highest BCUT2D eigenvalue weighted by Gasteiger charge is 2.35. The molecule has 0 unspecified atom stereocenters. The second-order valence-electron chi connectivity index (χ2n) is 5.22. The molecule has 0 radical (unpaired) electrons. The number of nitrogens with one attached hydrogen (secondary N) is 1. The Balaban J connectivity index is 2.06. The molecule has 1 aromatic carbocycles. The Bertz CT molecular complexity index is 713. The maximum Gasteiger partial charge on any atom is 0.268 e. The second kappa shape index (κ2) is 4.73. The minimum atomic E-state index is -0.900. The van der Waals surface area contributed by atoms with E-state index in [9.17, 15) is 4.79 Å². The van der Waals surface area contributed by atoms with Gasteiger partial charge < -0.3 is 14.8 Å². The molecular formula is C15H15N3O3. The van der Waals surface area contributed by atoms with Gasteiger partial charge in [-0.3, -0.25) is 4.79 Å². The number of fused-ring (bicyclic) bond motifs is 1. The van der Waals surface area contributed by atoms with Gasteiger partial charge in [-0.2, -0.15) is 0 Å². The molecule has 2 aromatic rings. The zero-order valence-electron chi connectivity index (χ0n) is 12.0. The van der Waals surface area contributed by atoms with Crippen LogP contribution in [0.25, 0.3) is 11.1 Å². The van der Waals surface area contributed by atoms with E-state index in [0.717, 1.165) is 11.1 Å². The van der Waals surface area contributed by atoms with E-state index < -0.39 is 5.60 Å². The molecule has 6 heteroatoms. The van der Waals surface area contributed by atoms with Crippen molar-refractivity contribution in [1.29, 1.82) is 0 Å². The van der Waals surface area contributed by atoms with Crippen molar-refractivity contribution in [2.45, 2.75) is 19.4 Å². The van der Waals surface area contributed by atoms with Crippen molar-refractivity contribution in [2.75, 3.05) is 12.4 Å². The molecule has 1 amide bonds. The van der Waals surface area contributed by atoms with Crippen molar-refractivity contribution in [3.63, 3.8) is 0 Å². The molecule has 0 atom stereocenters. The average molecular weight is 285 g/mol. The number of amides is 1. The van der Waals surface area contributed by atoms with Crippen LogP contribution in [0.1, 0.15) is 13.8 Å². The van der Waals surface area contributed by atoms with Crippen molar-refractivity contribution in [2.24, 2.45) is 0 Å². The van der Waals surface area contributed by atoms with Crippen LogP contribution in [-0.2, 0) is 4.79 Å². The summed E-state index contributed by atoms with van der Waals surface area (Å²) in [6, 6.07) is 5.50. The third-order valence-corrected chi connectivity index (χ3v) is 3.32. The molecule has 0 fully saturated rings. The van der Waals surface area contributed by atoms with Crippen molar-refractivity contribution >= 4 is 11.6 Å². The maximum absolute atomic E-state index is 11.9. The number of rotatable bonds is 2. The van der Waals surface area contributed by atoms with Gasteiger partial charge in [0.2, 0.25) is 5.88 Å². The van der Waals surface area contributed by atoms with Gasteiger partial charge in [0.25, 0.3) is 5.91 Å². The molecule has 3 rings (SSSR count). The second-order valence-corrected chi connectivity index (χ2v) is 5.22. The summed E-state index contributed by atoms with van der Waals surface area (Å²) in [5, 5.41) is 2.83. The summed E-state index contributed by atoms with van der Waals surface area (Å²) in [6.45, 7) is 3.45. The highest BCUT2D eigenvalue weighted by atomic mass is 16.5. The number of nitrogens with zero attached hydrogens (tertiary/aromatic N) is 2. The fourth-order valence-electron chi connectivity index (χ4n) is 2.15. The van der Waals surface area contributed by atoms with Crippen molar-refractivity contribution in [1.82, 2.24) is 9.97 Å². The van der Waals surface area contributed by atoms with Crippen LogP contribution in [0.2, 0.25) is 0 Å². The first-order valence-electron chi connectivity index (χ1n) is 6.50. The number of carbonyl (C=O) groups is 1. The lowest BCUT2D eigenvalue weighted by molar-refractivity contribution is -0.129. The first-order valence-corrected chi connectivity index (χ1v) is 6.50. The SMILES string of the molecule is COc1ncncc1-c1ccc2c(c1)OC(C)(C)C(=O)N2. The number of aromatic nitrogens is 2. The Kier molecular flexibility index (Phi) is 3.01. The Morgan fingerprint density at radius 3 is 2.90 bits per heavy atom. The van der Waals surface area contributed by atoms with E-state index in [1.165, 1.54) is 6.33 Å². The quantitative estimate of drug-likeness (QED) is 0.916. The predicted molar refractivity (Wildman–Crippen MR) is 77.4 cm³/mol. The van der Waals surface area contributed by atoms with Gasteiger partial charge in [0.1, 0.15) is 12.1 Å².